The van der Waals surface area contributed by atoms with Crippen LogP contribution in [0.25, 0.3) is 0 Å². The Kier molecular flexibility index (Phi) is 6.34. The SMILES string of the molecule is N#CCC(O)CC(O)COC1CCCCO1. The normalized spacial score (nSPS) is 24.7. The molecule has 0 radical (unpaired) electrons. The van der Waals surface area contributed by atoms with Crippen LogP contribution in [0, 0.1) is 11.3 Å². The Balaban J connectivity index is 2.09. The molecule has 5 nitrogen and oxygen atoms in total. The van der Waals surface area contributed by atoms with Gasteiger partial charge in [-0.25, -0.2) is 0 Å². The zero-order valence-electron chi connectivity index (χ0n) is 9.34. The van der Waals surface area contributed by atoms with Gasteiger partial charge in [-0.15, -0.1) is 0 Å². The summed E-state index contributed by atoms with van der Waals surface area (Å²) < 4.78 is 10.7. The number of aliphatic hydroxyl groups is 2. The Bertz CT molecular complexity index is 223. The van der Waals surface area contributed by atoms with Gasteiger partial charge < -0.3 is 19.7 Å². The lowest BCUT2D eigenvalue weighted by Gasteiger charge is -2.24. The molecule has 1 aliphatic heterocycles. The molecule has 0 aromatic rings. The van der Waals surface area contributed by atoms with Crippen molar-refractivity contribution in [2.24, 2.45) is 0 Å². The maximum absolute atomic E-state index is 9.53. The van der Waals surface area contributed by atoms with Gasteiger partial charge in [0, 0.05) is 13.0 Å². The van der Waals surface area contributed by atoms with Gasteiger partial charge in [0.1, 0.15) is 0 Å². The molecule has 5 heteroatoms. The first-order valence-corrected chi connectivity index (χ1v) is 5.68. The maximum Gasteiger partial charge on any atom is 0.157 e. The highest BCUT2D eigenvalue weighted by Crippen LogP contribution is 2.14. The van der Waals surface area contributed by atoms with E-state index in [1.165, 1.54) is 0 Å². The third-order valence-corrected chi connectivity index (χ3v) is 2.48. The van der Waals surface area contributed by atoms with Crippen LogP contribution in [0.15, 0.2) is 0 Å². The van der Waals surface area contributed by atoms with Gasteiger partial charge in [0.05, 0.1) is 31.3 Å². The number of nitrogens with zero attached hydrogens (tertiary/aromatic N) is 1. The van der Waals surface area contributed by atoms with E-state index in [0.717, 1.165) is 19.3 Å². The van der Waals surface area contributed by atoms with E-state index in [9.17, 15) is 10.2 Å². The second-order valence-electron chi connectivity index (χ2n) is 4.04. The minimum Gasteiger partial charge on any atom is -0.392 e. The highest BCUT2D eigenvalue weighted by atomic mass is 16.7. The molecule has 0 aliphatic carbocycles. The van der Waals surface area contributed by atoms with Crippen molar-refractivity contribution in [1.29, 1.82) is 5.26 Å². The molecule has 0 spiro atoms. The molecule has 92 valence electrons. The van der Waals surface area contributed by atoms with E-state index in [2.05, 4.69) is 0 Å². The summed E-state index contributed by atoms with van der Waals surface area (Å²) in [5.74, 6) is 0. The van der Waals surface area contributed by atoms with Gasteiger partial charge in [0.25, 0.3) is 0 Å². The summed E-state index contributed by atoms with van der Waals surface area (Å²) >= 11 is 0. The van der Waals surface area contributed by atoms with E-state index >= 15 is 0 Å². The first kappa shape index (κ1) is 13.4. The molecule has 1 rings (SSSR count). The molecular formula is C11H19NO4. The Hall–Kier alpha value is -0.670. The molecule has 2 N–H and O–H groups in total. The zero-order valence-corrected chi connectivity index (χ0v) is 9.34. The molecule has 1 aliphatic rings. The van der Waals surface area contributed by atoms with Crippen molar-refractivity contribution in [3.63, 3.8) is 0 Å². The van der Waals surface area contributed by atoms with Crippen molar-refractivity contribution < 1.29 is 19.7 Å². The summed E-state index contributed by atoms with van der Waals surface area (Å²) in [6.45, 7) is 0.852. The molecule has 0 aromatic carbocycles. The van der Waals surface area contributed by atoms with Gasteiger partial charge in [0.15, 0.2) is 6.29 Å². The summed E-state index contributed by atoms with van der Waals surface area (Å²) in [6.07, 6.45) is 1.45. The van der Waals surface area contributed by atoms with Gasteiger partial charge in [-0.05, 0) is 19.3 Å². The number of hydrogen-bond acceptors (Lipinski definition) is 5. The zero-order chi connectivity index (χ0) is 11.8. The summed E-state index contributed by atoms with van der Waals surface area (Å²) in [6, 6.07) is 1.85. The van der Waals surface area contributed by atoms with Crippen molar-refractivity contribution in [3.8, 4) is 6.07 Å². The molecule has 16 heavy (non-hydrogen) atoms. The van der Waals surface area contributed by atoms with E-state index in [-0.39, 0.29) is 25.7 Å². The van der Waals surface area contributed by atoms with Crippen LogP contribution in [-0.4, -0.2) is 41.9 Å². The number of rotatable bonds is 6. The Morgan fingerprint density at radius 3 is 2.81 bits per heavy atom. The second-order valence-corrected chi connectivity index (χ2v) is 4.04. The summed E-state index contributed by atoms with van der Waals surface area (Å²) in [7, 11) is 0. The molecule has 1 heterocycles. The lowest BCUT2D eigenvalue weighted by Crippen LogP contribution is -2.28. The number of ether oxygens (including phenoxy) is 2. The number of aliphatic hydroxyl groups excluding tert-OH is 2. The molecule has 0 aromatic heterocycles. The summed E-state index contributed by atoms with van der Waals surface area (Å²) in [5.41, 5.74) is 0. The quantitative estimate of drug-likeness (QED) is 0.695. The first-order valence-electron chi connectivity index (χ1n) is 5.68. The summed E-state index contributed by atoms with van der Waals surface area (Å²) in [5, 5.41) is 27.2. The van der Waals surface area contributed by atoms with Crippen LogP contribution in [0.2, 0.25) is 0 Å². The van der Waals surface area contributed by atoms with Crippen molar-refractivity contribution in [3.05, 3.63) is 0 Å². The van der Waals surface area contributed by atoms with Crippen LogP contribution < -0.4 is 0 Å². The highest BCUT2D eigenvalue weighted by Gasteiger charge is 2.17. The molecular weight excluding hydrogens is 210 g/mol. The third kappa shape index (κ3) is 5.42. The fraction of sp³-hybridized carbons (Fsp3) is 0.909. The topological polar surface area (TPSA) is 82.7 Å². The van der Waals surface area contributed by atoms with Crippen LogP contribution in [0.3, 0.4) is 0 Å². The Morgan fingerprint density at radius 1 is 1.38 bits per heavy atom. The second kappa shape index (κ2) is 7.58. The fourth-order valence-electron chi connectivity index (χ4n) is 1.63. The van der Waals surface area contributed by atoms with Gasteiger partial charge in [-0.1, -0.05) is 0 Å². The van der Waals surface area contributed by atoms with Gasteiger partial charge in [0.2, 0.25) is 0 Å². The van der Waals surface area contributed by atoms with Crippen molar-refractivity contribution in [1.82, 2.24) is 0 Å². The number of hydrogen-bond donors (Lipinski definition) is 2. The molecule has 1 fully saturated rings. The standard InChI is InChI=1S/C11H19NO4/c12-5-4-9(13)7-10(14)8-16-11-3-1-2-6-15-11/h9-11,13-14H,1-4,6-8H2. The van der Waals surface area contributed by atoms with Crippen LogP contribution in [0.5, 0.6) is 0 Å². The Morgan fingerprint density at radius 2 is 2.19 bits per heavy atom. The average Bonchev–Trinajstić information content (AvgIpc) is 2.28. The van der Waals surface area contributed by atoms with Crippen LogP contribution in [-0.2, 0) is 9.47 Å². The maximum atomic E-state index is 9.53. The predicted octanol–water partition coefficient (Wildman–Crippen LogP) is 0.555. The van der Waals surface area contributed by atoms with Crippen molar-refractivity contribution >= 4 is 0 Å². The first-order chi connectivity index (χ1) is 7.72. The van der Waals surface area contributed by atoms with E-state index in [4.69, 9.17) is 14.7 Å². The average molecular weight is 229 g/mol. The van der Waals surface area contributed by atoms with Crippen molar-refractivity contribution in [2.45, 2.75) is 50.6 Å². The molecule has 0 bridgehead atoms. The molecule has 0 amide bonds. The van der Waals surface area contributed by atoms with Crippen LogP contribution in [0.4, 0.5) is 0 Å². The smallest absolute Gasteiger partial charge is 0.157 e. The predicted molar refractivity (Wildman–Crippen MR) is 56.4 cm³/mol. The molecule has 1 saturated heterocycles. The summed E-state index contributed by atoms with van der Waals surface area (Å²) in [4.78, 5) is 0. The minimum atomic E-state index is -0.782. The highest BCUT2D eigenvalue weighted by molar-refractivity contribution is 4.76. The van der Waals surface area contributed by atoms with Crippen LogP contribution in [0.1, 0.15) is 32.1 Å². The van der Waals surface area contributed by atoms with Gasteiger partial charge >= 0.3 is 0 Å². The van der Waals surface area contributed by atoms with Gasteiger partial charge in [-0.3, -0.25) is 0 Å². The molecule has 3 atom stereocenters. The lowest BCUT2D eigenvalue weighted by atomic mass is 10.1. The monoisotopic (exact) mass is 229 g/mol. The lowest BCUT2D eigenvalue weighted by molar-refractivity contribution is -0.177. The molecule has 3 unspecified atom stereocenters. The number of nitriles is 1. The largest absolute Gasteiger partial charge is 0.392 e. The van der Waals surface area contributed by atoms with E-state index in [0.29, 0.717) is 6.61 Å². The third-order valence-electron chi connectivity index (χ3n) is 2.48. The fourth-order valence-corrected chi connectivity index (χ4v) is 1.63. The molecule has 0 saturated carbocycles. The van der Waals surface area contributed by atoms with Crippen LogP contribution >= 0.6 is 0 Å². The minimum absolute atomic E-state index is 0.0387. The Labute approximate surface area is 95.6 Å². The van der Waals surface area contributed by atoms with E-state index in [1.54, 1.807) is 0 Å². The van der Waals surface area contributed by atoms with Crippen molar-refractivity contribution in [2.75, 3.05) is 13.2 Å². The van der Waals surface area contributed by atoms with E-state index < -0.39 is 12.2 Å². The van der Waals surface area contributed by atoms with E-state index in [1.807, 2.05) is 6.07 Å². The van der Waals surface area contributed by atoms with Gasteiger partial charge in [-0.2, -0.15) is 5.26 Å².